The zero-order valence-corrected chi connectivity index (χ0v) is 8.42. The molecule has 1 saturated carbocycles. The highest BCUT2D eigenvalue weighted by atomic mass is 15.2. The van der Waals surface area contributed by atoms with E-state index in [-0.39, 0.29) is 0 Å². The minimum absolute atomic E-state index is 0.933. The van der Waals surface area contributed by atoms with E-state index in [0.717, 1.165) is 17.9 Å². The Balaban J connectivity index is 1.93. The first-order valence-corrected chi connectivity index (χ1v) is 5.53. The van der Waals surface area contributed by atoms with Crippen molar-refractivity contribution < 1.29 is 0 Å². The number of nitrogens with zero attached hydrogens (tertiary/aromatic N) is 1. The third-order valence-corrected chi connectivity index (χ3v) is 4.02. The molecule has 2 rings (SSSR count). The molecule has 0 spiro atoms. The molecule has 0 aromatic rings. The van der Waals surface area contributed by atoms with E-state index in [1.807, 2.05) is 0 Å². The third-order valence-electron chi connectivity index (χ3n) is 4.02. The summed E-state index contributed by atoms with van der Waals surface area (Å²) < 4.78 is 0. The number of likely N-dealkylation sites (tertiary alicyclic amines) is 1. The van der Waals surface area contributed by atoms with Gasteiger partial charge in [-0.3, -0.25) is 0 Å². The molecule has 0 aromatic heterocycles. The zero-order valence-electron chi connectivity index (χ0n) is 8.42. The first-order chi connectivity index (χ1) is 5.79. The lowest BCUT2D eigenvalue weighted by Crippen LogP contribution is -2.50. The summed E-state index contributed by atoms with van der Waals surface area (Å²) in [5, 5.41) is 0. The van der Waals surface area contributed by atoms with E-state index in [9.17, 15) is 0 Å². The van der Waals surface area contributed by atoms with Gasteiger partial charge in [0, 0.05) is 6.04 Å². The molecule has 3 unspecified atom stereocenters. The number of rotatable bonds is 1. The van der Waals surface area contributed by atoms with Gasteiger partial charge in [0.1, 0.15) is 0 Å². The minimum atomic E-state index is 0.933. The zero-order chi connectivity index (χ0) is 8.55. The fourth-order valence-corrected chi connectivity index (χ4v) is 2.74. The Kier molecular flexibility index (Phi) is 2.40. The Morgan fingerprint density at radius 1 is 1.00 bits per heavy atom. The van der Waals surface area contributed by atoms with Crippen molar-refractivity contribution in [2.75, 3.05) is 13.1 Å². The number of hydrogen-bond acceptors (Lipinski definition) is 1. The second kappa shape index (κ2) is 3.37. The van der Waals surface area contributed by atoms with Crippen molar-refractivity contribution in [2.24, 2.45) is 11.8 Å². The molecule has 70 valence electrons. The van der Waals surface area contributed by atoms with Gasteiger partial charge < -0.3 is 4.90 Å². The van der Waals surface area contributed by atoms with E-state index in [0.29, 0.717) is 0 Å². The van der Waals surface area contributed by atoms with Gasteiger partial charge in [-0.1, -0.05) is 26.7 Å². The molecule has 0 radical (unpaired) electrons. The van der Waals surface area contributed by atoms with Crippen LogP contribution in [0.1, 0.15) is 39.5 Å². The monoisotopic (exact) mass is 167 g/mol. The average molecular weight is 167 g/mol. The van der Waals surface area contributed by atoms with Crippen molar-refractivity contribution in [3.05, 3.63) is 0 Å². The molecule has 0 amide bonds. The van der Waals surface area contributed by atoms with Crippen LogP contribution in [-0.2, 0) is 0 Å². The van der Waals surface area contributed by atoms with Crippen molar-refractivity contribution in [3.63, 3.8) is 0 Å². The quantitative estimate of drug-likeness (QED) is 0.580. The molecule has 2 aliphatic rings. The van der Waals surface area contributed by atoms with Gasteiger partial charge in [-0.25, -0.2) is 0 Å². The first kappa shape index (κ1) is 8.55. The summed E-state index contributed by atoms with van der Waals surface area (Å²) in [5.41, 5.74) is 0. The smallest absolute Gasteiger partial charge is 0.0123 e. The van der Waals surface area contributed by atoms with Crippen LogP contribution in [-0.4, -0.2) is 24.0 Å². The van der Waals surface area contributed by atoms with Gasteiger partial charge in [0.2, 0.25) is 0 Å². The molecular formula is C11H21N. The van der Waals surface area contributed by atoms with Gasteiger partial charge in [0.05, 0.1) is 0 Å². The molecule has 1 aliphatic heterocycles. The molecule has 12 heavy (non-hydrogen) atoms. The van der Waals surface area contributed by atoms with Crippen LogP contribution in [0.4, 0.5) is 0 Å². The molecule has 1 heteroatoms. The lowest BCUT2D eigenvalue weighted by atomic mass is 9.76. The summed E-state index contributed by atoms with van der Waals surface area (Å²) in [6.07, 6.45) is 5.83. The van der Waals surface area contributed by atoms with Gasteiger partial charge in [0.25, 0.3) is 0 Å². The van der Waals surface area contributed by atoms with Crippen molar-refractivity contribution in [1.29, 1.82) is 0 Å². The summed E-state index contributed by atoms with van der Waals surface area (Å²) in [6, 6.07) is 0.933. The van der Waals surface area contributed by atoms with E-state index in [1.165, 1.54) is 38.8 Å². The second-order valence-electron chi connectivity index (χ2n) is 4.72. The lowest BCUT2D eigenvalue weighted by Gasteiger charge is -2.45. The Bertz CT molecular complexity index is 151. The van der Waals surface area contributed by atoms with Crippen molar-refractivity contribution in [1.82, 2.24) is 4.90 Å². The fourth-order valence-electron chi connectivity index (χ4n) is 2.74. The third kappa shape index (κ3) is 1.39. The summed E-state index contributed by atoms with van der Waals surface area (Å²) in [4.78, 5) is 2.69. The van der Waals surface area contributed by atoms with Crippen molar-refractivity contribution in [3.8, 4) is 0 Å². The number of hydrogen-bond donors (Lipinski definition) is 0. The minimum Gasteiger partial charge on any atom is -0.300 e. The highest BCUT2D eigenvalue weighted by Crippen LogP contribution is 2.34. The molecular weight excluding hydrogens is 146 g/mol. The summed E-state index contributed by atoms with van der Waals surface area (Å²) >= 11 is 0. The molecule has 1 heterocycles. The van der Waals surface area contributed by atoms with E-state index in [2.05, 4.69) is 18.7 Å². The first-order valence-electron chi connectivity index (χ1n) is 5.53. The second-order valence-corrected chi connectivity index (χ2v) is 4.72. The highest BCUT2D eigenvalue weighted by Gasteiger charge is 2.33. The van der Waals surface area contributed by atoms with E-state index >= 15 is 0 Å². The summed E-state index contributed by atoms with van der Waals surface area (Å²) in [7, 11) is 0. The van der Waals surface area contributed by atoms with Gasteiger partial charge in [-0.15, -0.1) is 0 Å². The molecule has 1 nitrogen and oxygen atoms in total. The van der Waals surface area contributed by atoms with Crippen LogP contribution in [0, 0.1) is 11.8 Å². The molecule has 3 atom stereocenters. The van der Waals surface area contributed by atoms with E-state index < -0.39 is 0 Å². The standard InChI is InChI=1S/C11H21N/c1-9-5-3-6-11(10(9)2)12-7-4-8-12/h9-11H,3-8H2,1-2H3. The highest BCUT2D eigenvalue weighted by molar-refractivity contribution is 4.87. The summed E-state index contributed by atoms with van der Waals surface area (Å²) in [6.45, 7) is 7.63. The predicted octanol–water partition coefficient (Wildman–Crippen LogP) is 2.52. The van der Waals surface area contributed by atoms with Crippen LogP contribution in [0.25, 0.3) is 0 Å². The predicted molar refractivity (Wildman–Crippen MR) is 52.2 cm³/mol. The van der Waals surface area contributed by atoms with Crippen LogP contribution in [0.5, 0.6) is 0 Å². The summed E-state index contributed by atoms with van der Waals surface area (Å²) in [5.74, 6) is 1.91. The van der Waals surface area contributed by atoms with Gasteiger partial charge in [0.15, 0.2) is 0 Å². The van der Waals surface area contributed by atoms with Crippen molar-refractivity contribution in [2.45, 2.75) is 45.6 Å². The van der Waals surface area contributed by atoms with Gasteiger partial charge in [-0.05, 0) is 37.8 Å². The van der Waals surface area contributed by atoms with Crippen LogP contribution in [0.3, 0.4) is 0 Å². The average Bonchev–Trinajstić information content (AvgIpc) is 1.95. The topological polar surface area (TPSA) is 3.24 Å². The Hall–Kier alpha value is -0.0400. The fraction of sp³-hybridized carbons (Fsp3) is 1.00. The van der Waals surface area contributed by atoms with E-state index in [1.54, 1.807) is 0 Å². The maximum Gasteiger partial charge on any atom is 0.0123 e. The largest absolute Gasteiger partial charge is 0.300 e. The lowest BCUT2D eigenvalue weighted by molar-refractivity contribution is 0.0365. The van der Waals surface area contributed by atoms with E-state index in [4.69, 9.17) is 0 Å². The molecule has 0 aromatic carbocycles. The molecule has 0 N–H and O–H groups in total. The van der Waals surface area contributed by atoms with Crippen LogP contribution in [0.2, 0.25) is 0 Å². The van der Waals surface area contributed by atoms with Crippen molar-refractivity contribution >= 4 is 0 Å². The van der Waals surface area contributed by atoms with Crippen LogP contribution in [0.15, 0.2) is 0 Å². The maximum absolute atomic E-state index is 2.69. The Morgan fingerprint density at radius 2 is 1.75 bits per heavy atom. The maximum atomic E-state index is 2.69. The molecule has 2 fully saturated rings. The molecule has 1 aliphatic carbocycles. The van der Waals surface area contributed by atoms with Gasteiger partial charge in [-0.2, -0.15) is 0 Å². The SMILES string of the molecule is CC1CCCC(N2CCC2)C1C. The Labute approximate surface area is 76.1 Å². The van der Waals surface area contributed by atoms with Crippen LogP contribution >= 0.6 is 0 Å². The Morgan fingerprint density at radius 3 is 2.33 bits per heavy atom. The van der Waals surface area contributed by atoms with Crippen LogP contribution < -0.4 is 0 Å². The molecule has 0 bridgehead atoms. The normalized spacial score (nSPS) is 44.0. The molecule has 1 saturated heterocycles. The van der Waals surface area contributed by atoms with Gasteiger partial charge >= 0.3 is 0 Å².